The van der Waals surface area contributed by atoms with E-state index in [1.54, 1.807) is 0 Å². The third-order valence-electron chi connectivity index (χ3n) is 3.82. The lowest BCUT2D eigenvalue weighted by atomic mass is 9.86. The highest BCUT2D eigenvalue weighted by atomic mass is 16.4. The van der Waals surface area contributed by atoms with E-state index in [2.05, 4.69) is 5.32 Å². The number of aliphatic carboxylic acids is 1. The van der Waals surface area contributed by atoms with Gasteiger partial charge in [0, 0.05) is 19.1 Å². The van der Waals surface area contributed by atoms with Crippen molar-refractivity contribution in [2.45, 2.75) is 45.6 Å². The number of amides is 2. The summed E-state index contributed by atoms with van der Waals surface area (Å²) in [6.07, 6.45) is 3.02. The van der Waals surface area contributed by atoms with E-state index < -0.39 is 11.4 Å². The molecular formula is C13H24N2O4. The number of aliphatic hydroxyl groups is 1. The van der Waals surface area contributed by atoms with Crippen LogP contribution in [0.5, 0.6) is 0 Å². The zero-order valence-corrected chi connectivity index (χ0v) is 11.7. The zero-order chi connectivity index (χ0) is 14.5. The number of aliphatic hydroxyl groups excluding tert-OH is 1. The Morgan fingerprint density at radius 3 is 2.32 bits per heavy atom. The fourth-order valence-electron chi connectivity index (χ4n) is 2.57. The summed E-state index contributed by atoms with van der Waals surface area (Å²) in [5.41, 5.74) is -0.808. The van der Waals surface area contributed by atoms with Gasteiger partial charge in [0.1, 0.15) is 0 Å². The average molecular weight is 272 g/mol. The second-order valence-corrected chi connectivity index (χ2v) is 5.46. The van der Waals surface area contributed by atoms with Crippen molar-refractivity contribution >= 4 is 12.0 Å². The summed E-state index contributed by atoms with van der Waals surface area (Å²) >= 11 is 0. The van der Waals surface area contributed by atoms with Crippen LogP contribution in [0.1, 0.15) is 39.5 Å². The molecular weight excluding hydrogens is 248 g/mol. The van der Waals surface area contributed by atoms with Gasteiger partial charge in [-0.2, -0.15) is 0 Å². The number of nitrogens with zero attached hydrogens (tertiary/aromatic N) is 1. The van der Waals surface area contributed by atoms with E-state index in [0.29, 0.717) is 12.8 Å². The highest BCUT2D eigenvalue weighted by molar-refractivity contribution is 5.78. The van der Waals surface area contributed by atoms with Crippen molar-refractivity contribution < 1.29 is 19.8 Å². The van der Waals surface area contributed by atoms with Crippen molar-refractivity contribution in [3.63, 3.8) is 0 Å². The number of carboxylic acid groups (broad SMARTS) is 1. The summed E-state index contributed by atoms with van der Waals surface area (Å²) in [6.45, 7) is 4.03. The molecule has 0 heterocycles. The Hall–Kier alpha value is -1.30. The Labute approximate surface area is 113 Å². The van der Waals surface area contributed by atoms with Gasteiger partial charge in [-0.1, -0.05) is 12.8 Å². The van der Waals surface area contributed by atoms with Gasteiger partial charge in [0.2, 0.25) is 0 Å². The van der Waals surface area contributed by atoms with Crippen LogP contribution in [0.4, 0.5) is 4.79 Å². The molecule has 1 saturated carbocycles. The maximum absolute atomic E-state index is 12.0. The van der Waals surface area contributed by atoms with Crippen LogP contribution in [0, 0.1) is 5.41 Å². The molecule has 1 rings (SSSR count). The highest BCUT2D eigenvalue weighted by Crippen LogP contribution is 2.37. The lowest BCUT2D eigenvalue weighted by molar-refractivity contribution is -0.148. The molecule has 0 spiro atoms. The van der Waals surface area contributed by atoms with Gasteiger partial charge in [-0.15, -0.1) is 0 Å². The Morgan fingerprint density at radius 1 is 1.32 bits per heavy atom. The molecule has 3 N–H and O–H groups in total. The summed E-state index contributed by atoms with van der Waals surface area (Å²) in [4.78, 5) is 24.9. The van der Waals surface area contributed by atoms with Crippen LogP contribution in [0.2, 0.25) is 0 Å². The van der Waals surface area contributed by atoms with E-state index in [1.165, 1.54) is 4.90 Å². The summed E-state index contributed by atoms with van der Waals surface area (Å²) in [5.74, 6) is -0.830. The van der Waals surface area contributed by atoms with Gasteiger partial charge in [-0.25, -0.2) is 4.79 Å². The molecule has 0 aromatic heterocycles. The number of hydrogen-bond acceptors (Lipinski definition) is 3. The molecule has 6 heteroatoms. The predicted octanol–water partition coefficient (Wildman–Crippen LogP) is 1.04. The third kappa shape index (κ3) is 3.83. The van der Waals surface area contributed by atoms with Gasteiger partial charge in [0.05, 0.1) is 12.0 Å². The summed E-state index contributed by atoms with van der Waals surface area (Å²) < 4.78 is 0. The van der Waals surface area contributed by atoms with Crippen molar-refractivity contribution in [1.82, 2.24) is 10.2 Å². The van der Waals surface area contributed by atoms with Crippen molar-refractivity contribution in [2.75, 3.05) is 19.7 Å². The van der Waals surface area contributed by atoms with Crippen LogP contribution in [0.3, 0.4) is 0 Å². The predicted molar refractivity (Wildman–Crippen MR) is 70.9 cm³/mol. The van der Waals surface area contributed by atoms with E-state index in [1.807, 2.05) is 13.8 Å². The summed E-state index contributed by atoms with van der Waals surface area (Å²) in [7, 11) is 0. The molecule has 1 aliphatic carbocycles. The minimum atomic E-state index is -0.830. The lowest BCUT2D eigenvalue weighted by Crippen LogP contribution is -2.49. The Morgan fingerprint density at radius 2 is 1.89 bits per heavy atom. The minimum absolute atomic E-state index is 0.0310. The smallest absolute Gasteiger partial charge is 0.317 e. The van der Waals surface area contributed by atoms with Crippen LogP contribution in [-0.4, -0.2) is 52.9 Å². The molecule has 0 aliphatic heterocycles. The summed E-state index contributed by atoms with van der Waals surface area (Å²) in [5, 5.41) is 21.0. The summed E-state index contributed by atoms with van der Waals surface area (Å²) in [6, 6.07) is -0.340. The van der Waals surface area contributed by atoms with E-state index >= 15 is 0 Å². The van der Waals surface area contributed by atoms with Crippen LogP contribution < -0.4 is 5.32 Å². The molecule has 19 heavy (non-hydrogen) atoms. The van der Waals surface area contributed by atoms with E-state index in [-0.39, 0.29) is 31.8 Å². The van der Waals surface area contributed by atoms with Gasteiger partial charge >= 0.3 is 12.0 Å². The number of hydrogen-bond donors (Lipinski definition) is 3. The van der Waals surface area contributed by atoms with Crippen LogP contribution in [0.25, 0.3) is 0 Å². The largest absolute Gasteiger partial charge is 0.481 e. The standard InChI is InChI=1S/C13H24N2O4/c1-10(2)15(7-8-16)12(19)14-9-13(11(17)18)5-3-4-6-13/h10,16H,3-9H2,1-2H3,(H,14,19)(H,17,18). The fourth-order valence-corrected chi connectivity index (χ4v) is 2.57. The van der Waals surface area contributed by atoms with Gasteiger partial charge in [-0.3, -0.25) is 4.79 Å². The molecule has 0 aromatic carbocycles. The maximum atomic E-state index is 12.0. The average Bonchev–Trinajstić information content (AvgIpc) is 2.82. The van der Waals surface area contributed by atoms with Crippen molar-refractivity contribution in [3.05, 3.63) is 0 Å². The zero-order valence-electron chi connectivity index (χ0n) is 11.7. The van der Waals surface area contributed by atoms with Crippen LogP contribution in [-0.2, 0) is 4.79 Å². The quantitative estimate of drug-likeness (QED) is 0.674. The molecule has 110 valence electrons. The molecule has 0 bridgehead atoms. The molecule has 0 aromatic rings. The number of urea groups is 1. The molecule has 0 saturated heterocycles. The van der Waals surface area contributed by atoms with Gasteiger partial charge in [0.25, 0.3) is 0 Å². The molecule has 0 atom stereocenters. The number of carbonyl (C=O) groups is 2. The van der Waals surface area contributed by atoms with Gasteiger partial charge < -0.3 is 20.4 Å². The van der Waals surface area contributed by atoms with Crippen molar-refractivity contribution in [3.8, 4) is 0 Å². The molecule has 0 unspecified atom stereocenters. The maximum Gasteiger partial charge on any atom is 0.317 e. The monoisotopic (exact) mass is 272 g/mol. The van der Waals surface area contributed by atoms with Crippen molar-refractivity contribution in [1.29, 1.82) is 0 Å². The number of carbonyl (C=O) groups excluding carboxylic acids is 1. The SMILES string of the molecule is CC(C)N(CCO)C(=O)NCC1(C(=O)O)CCCC1. The normalized spacial score (nSPS) is 17.5. The lowest BCUT2D eigenvalue weighted by Gasteiger charge is -2.29. The molecule has 1 aliphatic rings. The van der Waals surface area contributed by atoms with E-state index in [0.717, 1.165) is 12.8 Å². The van der Waals surface area contributed by atoms with Gasteiger partial charge in [-0.05, 0) is 26.7 Å². The molecule has 0 radical (unpaired) electrons. The Balaban J connectivity index is 2.58. The first-order chi connectivity index (χ1) is 8.93. The molecule has 6 nitrogen and oxygen atoms in total. The fraction of sp³-hybridized carbons (Fsp3) is 0.846. The first-order valence-corrected chi connectivity index (χ1v) is 6.82. The minimum Gasteiger partial charge on any atom is -0.481 e. The van der Waals surface area contributed by atoms with E-state index in [4.69, 9.17) is 5.11 Å². The second-order valence-electron chi connectivity index (χ2n) is 5.46. The van der Waals surface area contributed by atoms with Crippen LogP contribution >= 0.6 is 0 Å². The molecule has 2 amide bonds. The van der Waals surface area contributed by atoms with Crippen molar-refractivity contribution in [2.24, 2.45) is 5.41 Å². The Bertz CT molecular complexity index is 325. The highest BCUT2D eigenvalue weighted by Gasteiger charge is 2.41. The third-order valence-corrected chi connectivity index (χ3v) is 3.82. The topological polar surface area (TPSA) is 89.9 Å². The van der Waals surface area contributed by atoms with Gasteiger partial charge in [0.15, 0.2) is 0 Å². The Kier molecular flexibility index (Phi) is 5.60. The number of carboxylic acids is 1. The first kappa shape index (κ1) is 15.8. The van der Waals surface area contributed by atoms with E-state index in [9.17, 15) is 14.7 Å². The van der Waals surface area contributed by atoms with Crippen LogP contribution in [0.15, 0.2) is 0 Å². The molecule has 1 fully saturated rings. The second kappa shape index (κ2) is 6.75. The first-order valence-electron chi connectivity index (χ1n) is 6.82. The number of rotatable bonds is 6. The number of nitrogens with one attached hydrogen (secondary N) is 1.